The first-order chi connectivity index (χ1) is 18.4. The number of piperidine rings is 1. The Hall–Kier alpha value is -3.00. The van der Waals surface area contributed by atoms with Crippen LogP contribution in [0.4, 0.5) is 5.69 Å². The molecule has 2 aliphatic rings. The number of fused-ring (bicyclic) bond motifs is 1. The summed E-state index contributed by atoms with van der Waals surface area (Å²) >= 11 is 13.0. The van der Waals surface area contributed by atoms with Crippen LogP contribution >= 0.6 is 23.2 Å². The van der Waals surface area contributed by atoms with Crippen molar-refractivity contribution in [1.29, 1.82) is 0 Å². The third kappa shape index (κ3) is 4.68. The maximum Gasteiger partial charge on any atom is 0.340 e. The molecule has 198 valence electrons. The SMILES string of the molecule is COC(=O)c1cn(C)c2cc(N3CCC(OCc4c(-c5c(Cl)cccc5Cl)noc4C4CC4)CC3)ccc12. The molecule has 0 atom stereocenters. The van der Waals surface area contributed by atoms with Gasteiger partial charge in [0, 0.05) is 54.5 Å². The topological polar surface area (TPSA) is 69.7 Å². The van der Waals surface area contributed by atoms with Gasteiger partial charge in [-0.15, -0.1) is 0 Å². The number of nitrogens with zero attached hydrogens (tertiary/aromatic N) is 3. The molecule has 6 rings (SSSR count). The summed E-state index contributed by atoms with van der Waals surface area (Å²) in [6.45, 7) is 2.18. The Balaban J connectivity index is 1.15. The first-order valence-electron chi connectivity index (χ1n) is 12.9. The fourth-order valence-corrected chi connectivity index (χ4v) is 5.95. The van der Waals surface area contributed by atoms with Gasteiger partial charge in [-0.3, -0.25) is 0 Å². The molecule has 1 aliphatic carbocycles. The van der Waals surface area contributed by atoms with Gasteiger partial charge >= 0.3 is 5.97 Å². The molecule has 2 aromatic carbocycles. The van der Waals surface area contributed by atoms with Gasteiger partial charge in [0.2, 0.25) is 0 Å². The summed E-state index contributed by atoms with van der Waals surface area (Å²) < 4.78 is 19.1. The smallest absolute Gasteiger partial charge is 0.340 e. The zero-order valence-electron chi connectivity index (χ0n) is 21.4. The number of carbonyl (C=O) groups is 1. The largest absolute Gasteiger partial charge is 0.465 e. The molecule has 4 aromatic rings. The molecule has 2 fully saturated rings. The normalized spacial score (nSPS) is 16.4. The predicted octanol–water partition coefficient (Wildman–Crippen LogP) is 6.99. The highest BCUT2D eigenvalue weighted by atomic mass is 35.5. The summed E-state index contributed by atoms with van der Waals surface area (Å²) in [5.74, 6) is 0.972. The highest BCUT2D eigenvalue weighted by Crippen LogP contribution is 2.46. The molecule has 0 amide bonds. The van der Waals surface area contributed by atoms with E-state index in [0.29, 0.717) is 39.4 Å². The number of ether oxygens (including phenoxy) is 2. The minimum atomic E-state index is -0.320. The molecular formula is C29H29Cl2N3O4. The number of carbonyl (C=O) groups excluding carboxylic acids is 1. The van der Waals surface area contributed by atoms with Gasteiger partial charge in [0.05, 0.1) is 40.9 Å². The summed E-state index contributed by atoms with van der Waals surface area (Å²) in [4.78, 5) is 14.5. The predicted molar refractivity (Wildman–Crippen MR) is 148 cm³/mol. The number of rotatable bonds is 7. The van der Waals surface area contributed by atoms with Crippen LogP contribution in [0, 0.1) is 0 Å². The maximum absolute atomic E-state index is 12.1. The molecule has 0 N–H and O–H groups in total. The number of aromatic nitrogens is 2. The van der Waals surface area contributed by atoms with E-state index in [1.54, 1.807) is 0 Å². The molecule has 7 nitrogen and oxygen atoms in total. The second-order valence-corrected chi connectivity index (χ2v) is 10.9. The van der Waals surface area contributed by atoms with E-state index in [-0.39, 0.29) is 12.1 Å². The number of anilines is 1. The second kappa shape index (κ2) is 10.3. The molecule has 1 saturated heterocycles. The van der Waals surface area contributed by atoms with Crippen LogP contribution in [-0.4, -0.2) is 42.0 Å². The van der Waals surface area contributed by atoms with Gasteiger partial charge in [-0.05, 0) is 56.0 Å². The van der Waals surface area contributed by atoms with Crippen LogP contribution in [0.1, 0.15) is 53.3 Å². The Morgan fingerprint density at radius 2 is 1.84 bits per heavy atom. The van der Waals surface area contributed by atoms with Gasteiger partial charge in [0.15, 0.2) is 0 Å². The van der Waals surface area contributed by atoms with E-state index in [2.05, 4.69) is 22.2 Å². The minimum absolute atomic E-state index is 0.132. The first-order valence-corrected chi connectivity index (χ1v) is 13.7. The number of halogens is 2. The Bertz CT molecular complexity index is 1480. The lowest BCUT2D eigenvalue weighted by atomic mass is 10.0. The van der Waals surface area contributed by atoms with Crippen molar-refractivity contribution in [3.63, 3.8) is 0 Å². The average Bonchev–Trinajstić information content (AvgIpc) is 3.61. The van der Waals surface area contributed by atoms with Gasteiger partial charge < -0.3 is 23.5 Å². The van der Waals surface area contributed by atoms with E-state index in [1.807, 2.05) is 42.1 Å². The molecule has 38 heavy (non-hydrogen) atoms. The number of hydrogen-bond donors (Lipinski definition) is 0. The third-order valence-electron chi connectivity index (χ3n) is 7.62. The van der Waals surface area contributed by atoms with E-state index in [0.717, 1.165) is 66.7 Å². The summed E-state index contributed by atoms with van der Waals surface area (Å²) in [5, 5.41) is 6.38. The molecule has 9 heteroatoms. The van der Waals surface area contributed by atoms with Crippen LogP contribution in [0.2, 0.25) is 10.0 Å². The zero-order chi connectivity index (χ0) is 26.4. The molecule has 1 saturated carbocycles. The fraction of sp³-hybridized carbons (Fsp3) is 0.379. The van der Waals surface area contributed by atoms with Crippen molar-refractivity contribution in [2.45, 2.75) is 44.3 Å². The van der Waals surface area contributed by atoms with Crippen molar-refractivity contribution in [2.75, 3.05) is 25.1 Å². The van der Waals surface area contributed by atoms with Gasteiger partial charge in [0.1, 0.15) is 11.5 Å². The van der Waals surface area contributed by atoms with Crippen LogP contribution in [-0.2, 0) is 23.1 Å². The van der Waals surface area contributed by atoms with Crippen molar-refractivity contribution >= 4 is 45.8 Å². The number of benzene rings is 2. The van der Waals surface area contributed by atoms with Crippen LogP contribution in [0.3, 0.4) is 0 Å². The third-order valence-corrected chi connectivity index (χ3v) is 8.25. The summed E-state index contributed by atoms with van der Waals surface area (Å²) in [6, 6.07) is 11.7. The Morgan fingerprint density at radius 1 is 1.11 bits per heavy atom. The molecular weight excluding hydrogens is 525 g/mol. The number of methoxy groups -OCH3 is 1. The van der Waals surface area contributed by atoms with Crippen molar-refractivity contribution in [3.05, 3.63) is 69.5 Å². The second-order valence-electron chi connectivity index (χ2n) is 10.1. The van der Waals surface area contributed by atoms with Crippen LogP contribution in [0.15, 0.2) is 47.1 Å². The quantitative estimate of drug-likeness (QED) is 0.230. The van der Waals surface area contributed by atoms with Gasteiger partial charge in [-0.25, -0.2) is 4.79 Å². The Labute approximate surface area is 231 Å². The molecule has 0 unspecified atom stereocenters. The van der Waals surface area contributed by atoms with Gasteiger partial charge in [0.25, 0.3) is 0 Å². The van der Waals surface area contributed by atoms with E-state index in [1.165, 1.54) is 7.11 Å². The number of aryl methyl sites for hydroxylation is 1. The maximum atomic E-state index is 12.1. The van der Waals surface area contributed by atoms with E-state index in [9.17, 15) is 4.79 Å². The zero-order valence-corrected chi connectivity index (χ0v) is 22.9. The lowest BCUT2D eigenvalue weighted by Gasteiger charge is -2.33. The molecule has 3 heterocycles. The lowest BCUT2D eigenvalue weighted by Crippen LogP contribution is -2.37. The average molecular weight is 554 g/mol. The lowest BCUT2D eigenvalue weighted by molar-refractivity contribution is 0.0246. The highest BCUT2D eigenvalue weighted by molar-refractivity contribution is 6.39. The number of esters is 1. The van der Waals surface area contributed by atoms with Crippen molar-refractivity contribution < 1.29 is 18.8 Å². The van der Waals surface area contributed by atoms with Crippen LogP contribution in [0.25, 0.3) is 22.2 Å². The molecule has 2 aromatic heterocycles. The molecule has 0 radical (unpaired) electrons. The van der Waals surface area contributed by atoms with Crippen molar-refractivity contribution in [3.8, 4) is 11.3 Å². The van der Waals surface area contributed by atoms with Gasteiger partial charge in [-0.1, -0.05) is 34.4 Å². The first kappa shape index (κ1) is 25.3. The van der Waals surface area contributed by atoms with E-state index >= 15 is 0 Å². The molecule has 0 spiro atoms. The highest BCUT2D eigenvalue weighted by Gasteiger charge is 2.34. The minimum Gasteiger partial charge on any atom is -0.465 e. The summed E-state index contributed by atoms with van der Waals surface area (Å²) in [7, 11) is 3.35. The van der Waals surface area contributed by atoms with E-state index in [4.69, 9.17) is 37.2 Å². The molecule has 1 aliphatic heterocycles. The van der Waals surface area contributed by atoms with E-state index < -0.39 is 0 Å². The van der Waals surface area contributed by atoms with Crippen molar-refractivity contribution in [1.82, 2.24) is 9.72 Å². The summed E-state index contributed by atoms with van der Waals surface area (Å²) in [6.07, 6.45) is 5.97. The Morgan fingerprint density at radius 3 is 2.53 bits per heavy atom. The van der Waals surface area contributed by atoms with Crippen molar-refractivity contribution in [2.24, 2.45) is 7.05 Å². The molecule has 0 bridgehead atoms. The fourth-order valence-electron chi connectivity index (χ4n) is 5.37. The Kier molecular flexibility index (Phi) is 6.84. The van der Waals surface area contributed by atoms with Gasteiger partial charge in [-0.2, -0.15) is 0 Å². The monoisotopic (exact) mass is 553 g/mol. The number of hydrogen-bond acceptors (Lipinski definition) is 6. The van der Waals surface area contributed by atoms with Crippen LogP contribution < -0.4 is 4.90 Å². The van der Waals surface area contributed by atoms with Crippen LogP contribution in [0.5, 0.6) is 0 Å². The summed E-state index contributed by atoms with van der Waals surface area (Å²) in [5.41, 5.74) is 5.07. The standard InChI is InChI=1S/C29H29Cl2N3O4/c1-33-15-21(29(35)36-2)20-9-8-18(14-25(20)33)34-12-10-19(11-13-34)37-16-22-27(32-38-28(22)17-6-7-17)26-23(30)4-3-5-24(26)31/h3-5,8-9,14-15,17,19H,6-7,10-13,16H2,1-2H3.